The number of aliphatic hydroxyl groups is 2. The van der Waals surface area contributed by atoms with Gasteiger partial charge in [0, 0.05) is 17.5 Å². The summed E-state index contributed by atoms with van der Waals surface area (Å²) in [5.41, 5.74) is 0. The number of hydrogen-bond acceptors (Lipinski definition) is 6. The van der Waals surface area contributed by atoms with Gasteiger partial charge in [-0.05, 0) is 18.4 Å². The van der Waals surface area contributed by atoms with Gasteiger partial charge in [0.1, 0.15) is 6.10 Å². The lowest BCUT2D eigenvalue weighted by Gasteiger charge is -2.23. The second-order valence-electron chi connectivity index (χ2n) is 4.10. The summed E-state index contributed by atoms with van der Waals surface area (Å²) in [5, 5.41) is 24.3. The molecule has 0 saturated heterocycles. The monoisotopic (exact) mass is 273 g/mol. The molecule has 0 aliphatic heterocycles. The summed E-state index contributed by atoms with van der Waals surface area (Å²) in [6.45, 7) is 1.95. The molecule has 3 N–H and O–H groups in total. The van der Waals surface area contributed by atoms with Gasteiger partial charge in [0.2, 0.25) is 0 Å². The lowest BCUT2D eigenvalue weighted by atomic mass is 10.1. The number of ether oxygens (including phenoxy) is 1. The van der Waals surface area contributed by atoms with Crippen molar-refractivity contribution in [3.05, 3.63) is 22.4 Å². The van der Waals surface area contributed by atoms with Crippen molar-refractivity contribution >= 4 is 17.3 Å². The van der Waals surface area contributed by atoms with E-state index in [1.54, 1.807) is 6.92 Å². The van der Waals surface area contributed by atoms with Gasteiger partial charge in [0.25, 0.3) is 0 Å². The minimum atomic E-state index is -0.789. The van der Waals surface area contributed by atoms with E-state index in [4.69, 9.17) is 0 Å². The SMILES string of the molecule is COC(=O)CC(NCC(C)O)C(O)c1cccs1. The van der Waals surface area contributed by atoms with Crippen molar-refractivity contribution in [2.45, 2.75) is 31.6 Å². The molecule has 0 aliphatic carbocycles. The van der Waals surface area contributed by atoms with E-state index in [2.05, 4.69) is 10.1 Å². The van der Waals surface area contributed by atoms with E-state index in [9.17, 15) is 15.0 Å². The first-order chi connectivity index (χ1) is 8.54. The summed E-state index contributed by atoms with van der Waals surface area (Å²) in [4.78, 5) is 12.1. The molecule has 1 aromatic heterocycles. The van der Waals surface area contributed by atoms with Gasteiger partial charge >= 0.3 is 5.97 Å². The molecule has 3 unspecified atom stereocenters. The zero-order valence-electron chi connectivity index (χ0n) is 10.5. The summed E-state index contributed by atoms with van der Waals surface area (Å²) < 4.78 is 4.61. The lowest BCUT2D eigenvalue weighted by Crippen LogP contribution is -2.40. The van der Waals surface area contributed by atoms with E-state index >= 15 is 0 Å². The second kappa shape index (κ2) is 7.48. The quantitative estimate of drug-likeness (QED) is 0.637. The molecule has 0 spiro atoms. The highest BCUT2D eigenvalue weighted by Gasteiger charge is 2.24. The Morgan fingerprint density at radius 1 is 1.56 bits per heavy atom. The van der Waals surface area contributed by atoms with Gasteiger partial charge in [-0.15, -0.1) is 11.3 Å². The molecule has 5 nitrogen and oxygen atoms in total. The summed E-state index contributed by atoms with van der Waals surface area (Å²) in [6, 6.07) is 3.18. The number of thiophene rings is 1. The van der Waals surface area contributed by atoms with Gasteiger partial charge in [-0.3, -0.25) is 4.79 Å². The average molecular weight is 273 g/mol. The first-order valence-corrected chi connectivity index (χ1v) is 6.62. The van der Waals surface area contributed by atoms with E-state index in [0.717, 1.165) is 4.88 Å². The molecule has 0 fully saturated rings. The van der Waals surface area contributed by atoms with Crippen LogP contribution in [0.15, 0.2) is 17.5 Å². The van der Waals surface area contributed by atoms with E-state index < -0.39 is 24.2 Å². The second-order valence-corrected chi connectivity index (χ2v) is 5.08. The third-order valence-corrected chi connectivity index (χ3v) is 3.45. The van der Waals surface area contributed by atoms with Crippen molar-refractivity contribution in [1.82, 2.24) is 5.32 Å². The molecule has 0 aromatic carbocycles. The van der Waals surface area contributed by atoms with Crippen LogP contribution in [0.4, 0.5) is 0 Å². The molecule has 0 aliphatic rings. The smallest absolute Gasteiger partial charge is 0.307 e. The number of esters is 1. The Hall–Kier alpha value is -0.950. The molecule has 0 amide bonds. The normalized spacial score (nSPS) is 16.0. The van der Waals surface area contributed by atoms with Crippen molar-refractivity contribution in [3.63, 3.8) is 0 Å². The summed E-state index contributed by atoms with van der Waals surface area (Å²) >= 11 is 1.42. The van der Waals surface area contributed by atoms with Crippen LogP contribution in [0.5, 0.6) is 0 Å². The van der Waals surface area contributed by atoms with Crippen LogP contribution in [-0.4, -0.2) is 42.0 Å². The molecule has 18 heavy (non-hydrogen) atoms. The third kappa shape index (κ3) is 4.73. The fourth-order valence-electron chi connectivity index (χ4n) is 1.54. The molecule has 102 valence electrons. The Balaban J connectivity index is 2.66. The Morgan fingerprint density at radius 2 is 2.28 bits per heavy atom. The molecule has 0 saturated carbocycles. The van der Waals surface area contributed by atoms with E-state index in [-0.39, 0.29) is 6.42 Å². The predicted octanol–water partition coefficient (Wildman–Crippen LogP) is 0.684. The predicted molar refractivity (Wildman–Crippen MR) is 69.4 cm³/mol. The number of methoxy groups -OCH3 is 1. The number of hydrogen-bond donors (Lipinski definition) is 3. The van der Waals surface area contributed by atoms with E-state index in [1.165, 1.54) is 18.4 Å². The van der Waals surface area contributed by atoms with Gasteiger partial charge in [-0.25, -0.2) is 0 Å². The maximum Gasteiger partial charge on any atom is 0.307 e. The van der Waals surface area contributed by atoms with Crippen LogP contribution in [0.1, 0.15) is 24.3 Å². The number of rotatable bonds is 7. The topological polar surface area (TPSA) is 78.8 Å². The van der Waals surface area contributed by atoms with Crippen molar-refractivity contribution in [2.24, 2.45) is 0 Å². The van der Waals surface area contributed by atoms with Gasteiger partial charge in [0.15, 0.2) is 0 Å². The average Bonchev–Trinajstić information content (AvgIpc) is 2.86. The first-order valence-electron chi connectivity index (χ1n) is 5.74. The van der Waals surface area contributed by atoms with Crippen LogP contribution in [-0.2, 0) is 9.53 Å². The van der Waals surface area contributed by atoms with Crippen LogP contribution in [0.25, 0.3) is 0 Å². The largest absolute Gasteiger partial charge is 0.469 e. The van der Waals surface area contributed by atoms with Gasteiger partial charge < -0.3 is 20.3 Å². The van der Waals surface area contributed by atoms with E-state index in [0.29, 0.717) is 6.54 Å². The van der Waals surface area contributed by atoms with Crippen LogP contribution in [0.3, 0.4) is 0 Å². The number of nitrogens with one attached hydrogen (secondary N) is 1. The lowest BCUT2D eigenvalue weighted by molar-refractivity contribution is -0.142. The molecule has 1 heterocycles. The molecule has 3 atom stereocenters. The zero-order valence-corrected chi connectivity index (χ0v) is 11.3. The van der Waals surface area contributed by atoms with Crippen molar-refractivity contribution in [3.8, 4) is 0 Å². The third-order valence-electron chi connectivity index (χ3n) is 2.51. The van der Waals surface area contributed by atoms with Crippen LogP contribution < -0.4 is 5.32 Å². The molecule has 0 radical (unpaired) electrons. The highest BCUT2D eigenvalue weighted by molar-refractivity contribution is 7.10. The molecule has 1 rings (SSSR count). The Bertz CT molecular complexity index is 353. The van der Waals surface area contributed by atoms with Crippen LogP contribution in [0, 0.1) is 0 Å². The minimum Gasteiger partial charge on any atom is -0.469 e. The maximum absolute atomic E-state index is 11.3. The highest BCUT2D eigenvalue weighted by Crippen LogP contribution is 2.23. The molecule has 6 heteroatoms. The Kier molecular flexibility index (Phi) is 6.28. The van der Waals surface area contributed by atoms with Crippen molar-refractivity contribution in [1.29, 1.82) is 0 Å². The molecular formula is C12H19NO4S. The van der Waals surface area contributed by atoms with Crippen molar-refractivity contribution in [2.75, 3.05) is 13.7 Å². The summed E-state index contributed by atoms with van der Waals surface area (Å²) in [6.07, 6.45) is -1.27. The Morgan fingerprint density at radius 3 is 2.78 bits per heavy atom. The summed E-state index contributed by atoms with van der Waals surface area (Å²) in [7, 11) is 1.31. The van der Waals surface area contributed by atoms with Crippen LogP contribution in [0.2, 0.25) is 0 Å². The molecular weight excluding hydrogens is 254 g/mol. The number of carbonyl (C=O) groups excluding carboxylic acids is 1. The van der Waals surface area contributed by atoms with Crippen molar-refractivity contribution < 1.29 is 19.7 Å². The zero-order chi connectivity index (χ0) is 13.5. The van der Waals surface area contributed by atoms with Gasteiger partial charge in [0.05, 0.1) is 19.6 Å². The number of carbonyl (C=O) groups is 1. The highest BCUT2D eigenvalue weighted by atomic mass is 32.1. The minimum absolute atomic E-state index is 0.0578. The fraction of sp³-hybridized carbons (Fsp3) is 0.583. The first kappa shape index (κ1) is 15.1. The molecule has 0 bridgehead atoms. The maximum atomic E-state index is 11.3. The molecule has 1 aromatic rings. The number of aliphatic hydroxyl groups excluding tert-OH is 2. The fourth-order valence-corrected chi connectivity index (χ4v) is 2.31. The Labute approximate surface area is 110 Å². The van der Waals surface area contributed by atoms with Gasteiger partial charge in [-0.1, -0.05) is 6.07 Å². The van der Waals surface area contributed by atoms with Gasteiger partial charge in [-0.2, -0.15) is 0 Å². The summed E-state index contributed by atoms with van der Waals surface area (Å²) in [5.74, 6) is -0.395. The standard InChI is InChI=1S/C12H19NO4S/c1-8(14)7-13-9(6-11(15)17-2)12(16)10-4-3-5-18-10/h3-5,8-9,12-14,16H,6-7H2,1-2H3. The van der Waals surface area contributed by atoms with E-state index in [1.807, 2.05) is 17.5 Å². The van der Waals surface area contributed by atoms with Crippen LogP contribution >= 0.6 is 11.3 Å².